The Morgan fingerprint density at radius 3 is 2.38 bits per heavy atom. The Bertz CT molecular complexity index is 1360. The number of amidine groups is 1. The van der Waals surface area contributed by atoms with E-state index in [1.807, 2.05) is 64.2 Å². The molecule has 1 atom stereocenters. The summed E-state index contributed by atoms with van der Waals surface area (Å²) in [5.41, 5.74) is 11.3. The lowest BCUT2D eigenvalue weighted by molar-refractivity contribution is 0.571. The number of pyridine rings is 1. The first-order chi connectivity index (χ1) is 15.4. The average Bonchev–Trinajstić information content (AvgIpc) is 3.11. The van der Waals surface area contributed by atoms with Crippen molar-refractivity contribution in [3.63, 3.8) is 0 Å². The van der Waals surface area contributed by atoms with E-state index in [1.165, 1.54) is 0 Å². The molecule has 2 heterocycles. The van der Waals surface area contributed by atoms with Gasteiger partial charge in [-0.1, -0.05) is 36.3 Å². The van der Waals surface area contributed by atoms with Crippen LogP contribution < -0.4 is 11.3 Å². The summed E-state index contributed by atoms with van der Waals surface area (Å²) >= 11 is 0. The SMILES string of the molecule is CC#Cc1cccc(-c2cccc(C3(c4cc(C)c(=O)n(CC)c4)N=C(C)C(N)=N3)c2)c1. The lowest BCUT2D eigenvalue weighted by Crippen LogP contribution is -2.28. The van der Waals surface area contributed by atoms with Gasteiger partial charge in [-0.3, -0.25) is 4.79 Å². The zero-order chi connectivity index (χ0) is 22.9. The van der Waals surface area contributed by atoms with Crippen LogP contribution in [0.3, 0.4) is 0 Å². The van der Waals surface area contributed by atoms with Gasteiger partial charge in [0, 0.05) is 35.0 Å². The molecule has 1 aliphatic rings. The van der Waals surface area contributed by atoms with Crippen LogP contribution in [0.1, 0.15) is 43.0 Å². The number of benzene rings is 2. The summed E-state index contributed by atoms with van der Waals surface area (Å²) in [6, 6.07) is 18.2. The van der Waals surface area contributed by atoms with Crippen molar-refractivity contribution in [2.24, 2.45) is 15.7 Å². The van der Waals surface area contributed by atoms with Crippen LogP contribution in [0.25, 0.3) is 11.1 Å². The first-order valence-corrected chi connectivity index (χ1v) is 10.7. The molecule has 2 N–H and O–H groups in total. The second kappa shape index (κ2) is 8.32. The maximum atomic E-state index is 12.5. The maximum absolute atomic E-state index is 12.5. The molecule has 5 nitrogen and oxygen atoms in total. The Balaban J connectivity index is 1.94. The van der Waals surface area contributed by atoms with E-state index in [4.69, 9.17) is 15.7 Å². The van der Waals surface area contributed by atoms with Gasteiger partial charge in [-0.2, -0.15) is 0 Å². The van der Waals surface area contributed by atoms with Gasteiger partial charge < -0.3 is 10.3 Å². The van der Waals surface area contributed by atoms with E-state index >= 15 is 0 Å². The van der Waals surface area contributed by atoms with Crippen LogP contribution in [0.15, 0.2) is 75.6 Å². The lowest BCUT2D eigenvalue weighted by atomic mass is 9.90. The van der Waals surface area contributed by atoms with Crippen molar-refractivity contribution in [3.05, 3.63) is 93.4 Å². The molecule has 3 aromatic rings. The van der Waals surface area contributed by atoms with Crippen molar-refractivity contribution in [2.75, 3.05) is 0 Å². The molecule has 0 bridgehead atoms. The van der Waals surface area contributed by atoms with Gasteiger partial charge in [0.05, 0.1) is 5.71 Å². The van der Waals surface area contributed by atoms with Gasteiger partial charge in [0.25, 0.3) is 5.56 Å². The van der Waals surface area contributed by atoms with Crippen LogP contribution in [-0.2, 0) is 12.2 Å². The van der Waals surface area contributed by atoms with Crippen LogP contribution >= 0.6 is 0 Å². The molecule has 5 heteroatoms. The summed E-state index contributed by atoms with van der Waals surface area (Å²) in [4.78, 5) is 22.3. The predicted octanol–water partition coefficient (Wildman–Crippen LogP) is 4.25. The first-order valence-electron chi connectivity index (χ1n) is 10.7. The Morgan fingerprint density at radius 1 is 1.00 bits per heavy atom. The van der Waals surface area contributed by atoms with E-state index < -0.39 is 5.66 Å². The van der Waals surface area contributed by atoms with Crippen LogP contribution in [0, 0.1) is 18.8 Å². The number of aromatic nitrogens is 1. The molecule has 0 aliphatic carbocycles. The van der Waals surface area contributed by atoms with E-state index in [9.17, 15) is 4.79 Å². The molecular formula is C27H26N4O. The smallest absolute Gasteiger partial charge is 0.253 e. The molecule has 0 saturated carbocycles. The highest BCUT2D eigenvalue weighted by molar-refractivity contribution is 6.41. The second-order valence-corrected chi connectivity index (χ2v) is 7.91. The summed E-state index contributed by atoms with van der Waals surface area (Å²) in [5.74, 6) is 6.47. The third-order valence-corrected chi connectivity index (χ3v) is 5.72. The predicted molar refractivity (Wildman–Crippen MR) is 131 cm³/mol. The standard InChI is InChI=1S/C27H26N4O/c1-5-9-20-10-7-11-21(15-20)22-12-8-13-23(16-22)27(29-19(4)25(28)30-27)24-14-18(3)26(32)31(6-2)17-24/h7-8,10-17H,6H2,1-4H3,(H2,28,30). The Kier molecular flexibility index (Phi) is 5.54. The molecule has 160 valence electrons. The van der Waals surface area contributed by atoms with Gasteiger partial charge >= 0.3 is 0 Å². The molecule has 1 aromatic heterocycles. The molecule has 0 saturated heterocycles. The van der Waals surface area contributed by atoms with Crippen molar-refractivity contribution in [1.82, 2.24) is 4.57 Å². The Labute approximate surface area is 188 Å². The third-order valence-electron chi connectivity index (χ3n) is 5.72. The van der Waals surface area contributed by atoms with Gasteiger partial charge in [-0.25, -0.2) is 9.98 Å². The molecule has 0 radical (unpaired) electrons. The largest absolute Gasteiger partial charge is 0.382 e. The van der Waals surface area contributed by atoms with Gasteiger partial charge in [0.2, 0.25) is 5.66 Å². The van der Waals surface area contributed by atoms with Crippen LogP contribution in [-0.4, -0.2) is 16.1 Å². The number of nitrogens with two attached hydrogens (primary N) is 1. The molecule has 0 amide bonds. The lowest BCUT2D eigenvalue weighted by Gasteiger charge is -2.26. The molecule has 1 unspecified atom stereocenters. The number of aliphatic imine (C=N–C) groups is 2. The minimum Gasteiger partial charge on any atom is -0.382 e. The number of hydrogen-bond donors (Lipinski definition) is 1. The van der Waals surface area contributed by atoms with E-state index in [0.29, 0.717) is 23.7 Å². The highest BCUT2D eigenvalue weighted by Crippen LogP contribution is 2.40. The molecule has 1 aliphatic heterocycles. The van der Waals surface area contributed by atoms with E-state index in [1.54, 1.807) is 4.57 Å². The van der Waals surface area contributed by atoms with Crippen molar-refractivity contribution < 1.29 is 0 Å². The Hall–Kier alpha value is -3.91. The van der Waals surface area contributed by atoms with E-state index in [0.717, 1.165) is 27.8 Å². The maximum Gasteiger partial charge on any atom is 0.253 e. The molecular weight excluding hydrogens is 396 g/mol. The van der Waals surface area contributed by atoms with Crippen molar-refractivity contribution in [2.45, 2.75) is 39.9 Å². The van der Waals surface area contributed by atoms with E-state index in [2.05, 4.69) is 36.1 Å². The molecule has 4 rings (SSSR count). The zero-order valence-corrected chi connectivity index (χ0v) is 18.8. The number of hydrogen-bond acceptors (Lipinski definition) is 4. The van der Waals surface area contributed by atoms with Crippen molar-refractivity contribution >= 4 is 11.5 Å². The highest BCUT2D eigenvalue weighted by atomic mass is 16.1. The van der Waals surface area contributed by atoms with Crippen LogP contribution in [0.5, 0.6) is 0 Å². The normalized spacial score (nSPS) is 17.4. The second-order valence-electron chi connectivity index (χ2n) is 7.91. The van der Waals surface area contributed by atoms with Crippen LogP contribution in [0.4, 0.5) is 0 Å². The topological polar surface area (TPSA) is 72.7 Å². The summed E-state index contributed by atoms with van der Waals surface area (Å²) in [5, 5.41) is 0. The monoisotopic (exact) mass is 422 g/mol. The fourth-order valence-corrected chi connectivity index (χ4v) is 4.05. The molecule has 2 aromatic carbocycles. The summed E-state index contributed by atoms with van der Waals surface area (Å²) in [6.07, 6.45) is 1.85. The first kappa shape index (κ1) is 21.3. The summed E-state index contributed by atoms with van der Waals surface area (Å²) < 4.78 is 1.69. The van der Waals surface area contributed by atoms with E-state index in [-0.39, 0.29) is 5.56 Å². The van der Waals surface area contributed by atoms with Gasteiger partial charge in [0.15, 0.2) is 0 Å². The van der Waals surface area contributed by atoms with Gasteiger partial charge in [-0.15, -0.1) is 5.92 Å². The van der Waals surface area contributed by atoms with Gasteiger partial charge in [-0.05, 0) is 63.1 Å². The number of aryl methyl sites for hydroxylation is 2. The Morgan fingerprint density at radius 2 is 1.72 bits per heavy atom. The number of rotatable bonds is 4. The zero-order valence-electron chi connectivity index (χ0n) is 18.8. The highest BCUT2D eigenvalue weighted by Gasteiger charge is 2.39. The fourth-order valence-electron chi connectivity index (χ4n) is 4.05. The molecule has 0 spiro atoms. The number of nitrogens with zero attached hydrogens (tertiary/aromatic N) is 3. The van der Waals surface area contributed by atoms with Gasteiger partial charge in [0.1, 0.15) is 5.84 Å². The minimum absolute atomic E-state index is 0.00958. The average molecular weight is 423 g/mol. The van der Waals surface area contributed by atoms with Crippen LogP contribution in [0.2, 0.25) is 0 Å². The summed E-state index contributed by atoms with van der Waals surface area (Å²) in [6.45, 7) is 8.03. The fraction of sp³-hybridized carbons (Fsp3) is 0.222. The summed E-state index contributed by atoms with van der Waals surface area (Å²) in [7, 11) is 0. The quantitative estimate of drug-likeness (QED) is 0.639. The molecule has 0 fully saturated rings. The minimum atomic E-state index is -1.03. The van der Waals surface area contributed by atoms with Crippen molar-refractivity contribution in [1.29, 1.82) is 0 Å². The third kappa shape index (κ3) is 3.65. The van der Waals surface area contributed by atoms with Crippen molar-refractivity contribution in [3.8, 4) is 23.0 Å². The molecule has 32 heavy (non-hydrogen) atoms.